The predicted octanol–water partition coefficient (Wildman–Crippen LogP) is 3.01. The lowest BCUT2D eigenvalue weighted by Gasteiger charge is -2.11. The second-order valence-electron chi connectivity index (χ2n) is 4.12. The van der Waals surface area contributed by atoms with Crippen molar-refractivity contribution in [3.8, 4) is 5.75 Å². The highest BCUT2D eigenvalue weighted by Crippen LogP contribution is 2.26. The van der Waals surface area contributed by atoms with Gasteiger partial charge in [-0.1, -0.05) is 12.1 Å². The maximum Gasteiger partial charge on any atom is 0.168 e. The molecule has 2 rings (SSSR count). The molecule has 1 unspecified atom stereocenters. The van der Waals surface area contributed by atoms with Crippen LogP contribution in [0.15, 0.2) is 34.9 Å². The third-order valence-corrected chi connectivity index (χ3v) is 2.88. The number of hydrogen-bond acceptors (Lipinski definition) is 3. The molecule has 0 saturated heterocycles. The largest absolute Gasteiger partial charge is 0.494 e. The fourth-order valence-electron chi connectivity index (χ4n) is 1.90. The Morgan fingerprint density at radius 3 is 2.78 bits per heavy atom. The number of aryl methyl sites for hydroxylation is 1. The molecule has 4 heteroatoms. The van der Waals surface area contributed by atoms with E-state index >= 15 is 0 Å². The third-order valence-electron chi connectivity index (χ3n) is 2.88. The molecule has 0 spiro atoms. The van der Waals surface area contributed by atoms with Crippen LogP contribution in [0, 0.1) is 12.7 Å². The molecule has 1 heterocycles. The zero-order valence-electron chi connectivity index (χ0n) is 10.3. The van der Waals surface area contributed by atoms with E-state index in [2.05, 4.69) is 0 Å². The van der Waals surface area contributed by atoms with Crippen LogP contribution in [-0.2, 0) is 6.42 Å². The van der Waals surface area contributed by atoms with Gasteiger partial charge in [0, 0.05) is 6.42 Å². The molecule has 0 saturated carbocycles. The molecule has 0 fully saturated rings. The summed E-state index contributed by atoms with van der Waals surface area (Å²) in [5.74, 6) is 0.205. The summed E-state index contributed by atoms with van der Waals surface area (Å²) in [5.41, 5.74) is 1.25. The summed E-state index contributed by atoms with van der Waals surface area (Å²) >= 11 is 0. The van der Waals surface area contributed by atoms with Crippen molar-refractivity contribution in [3.05, 3.63) is 53.2 Å². The number of aliphatic hydroxyl groups excluding tert-OH is 1. The minimum Gasteiger partial charge on any atom is -0.494 e. The normalized spacial score (nSPS) is 12.4. The van der Waals surface area contributed by atoms with E-state index < -0.39 is 11.9 Å². The van der Waals surface area contributed by atoms with Gasteiger partial charge in [-0.2, -0.15) is 0 Å². The van der Waals surface area contributed by atoms with Gasteiger partial charge >= 0.3 is 0 Å². The molecular formula is C14H15FO3. The number of aliphatic hydroxyl groups is 1. The van der Waals surface area contributed by atoms with Gasteiger partial charge in [0.2, 0.25) is 0 Å². The number of benzene rings is 1. The van der Waals surface area contributed by atoms with Crippen LogP contribution < -0.4 is 4.74 Å². The maximum atomic E-state index is 13.9. The summed E-state index contributed by atoms with van der Waals surface area (Å²) in [6.07, 6.45) is 0.800. The minimum absolute atomic E-state index is 0.150. The molecule has 3 nitrogen and oxygen atoms in total. The highest BCUT2D eigenvalue weighted by Gasteiger charge is 2.18. The number of methoxy groups -OCH3 is 1. The van der Waals surface area contributed by atoms with Crippen LogP contribution in [0.4, 0.5) is 4.39 Å². The first-order chi connectivity index (χ1) is 8.63. The van der Waals surface area contributed by atoms with Gasteiger partial charge in [0.15, 0.2) is 11.6 Å². The summed E-state index contributed by atoms with van der Waals surface area (Å²) < 4.78 is 24.0. The lowest BCUT2D eigenvalue weighted by molar-refractivity contribution is 0.148. The SMILES string of the molecule is COc1cccc(CC(O)c2occc2C)c1F. The molecule has 0 aliphatic heterocycles. The standard InChI is InChI=1S/C14H15FO3/c1-9-6-7-18-14(9)11(16)8-10-4-3-5-12(17-2)13(10)15/h3-7,11,16H,8H2,1-2H3. The monoisotopic (exact) mass is 250 g/mol. The quantitative estimate of drug-likeness (QED) is 0.907. The second kappa shape index (κ2) is 5.23. The van der Waals surface area contributed by atoms with Gasteiger partial charge in [-0.05, 0) is 30.2 Å². The average molecular weight is 250 g/mol. The van der Waals surface area contributed by atoms with E-state index in [-0.39, 0.29) is 12.2 Å². The summed E-state index contributed by atoms with van der Waals surface area (Å²) in [6.45, 7) is 1.84. The molecule has 1 atom stereocenters. The van der Waals surface area contributed by atoms with Gasteiger partial charge in [-0.15, -0.1) is 0 Å². The fraction of sp³-hybridized carbons (Fsp3) is 0.286. The van der Waals surface area contributed by atoms with Crippen molar-refractivity contribution in [2.45, 2.75) is 19.4 Å². The lowest BCUT2D eigenvalue weighted by atomic mass is 10.0. The van der Waals surface area contributed by atoms with Gasteiger partial charge in [-0.3, -0.25) is 0 Å². The molecule has 0 aliphatic carbocycles. The third kappa shape index (κ3) is 2.38. The Hall–Kier alpha value is -1.81. The van der Waals surface area contributed by atoms with Gasteiger partial charge < -0.3 is 14.3 Å². The molecule has 0 aliphatic rings. The first-order valence-electron chi connectivity index (χ1n) is 5.67. The Morgan fingerprint density at radius 2 is 2.17 bits per heavy atom. The Kier molecular flexibility index (Phi) is 3.67. The molecule has 1 aromatic carbocycles. The van der Waals surface area contributed by atoms with Crippen molar-refractivity contribution in [3.63, 3.8) is 0 Å². The van der Waals surface area contributed by atoms with E-state index in [0.717, 1.165) is 5.56 Å². The van der Waals surface area contributed by atoms with Crippen LogP contribution in [0.3, 0.4) is 0 Å². The van der Waals surface area contributed by atoms with E-state index in [9.17, 15) is 9.50 Å². The Bertz CT molecular complexity index is 534. The number of halogens is 1. The predicted molar refractivity (Wildman–Crippen MR) is 65.1 cm³/mol. The van der Waals surface area contributed by atoms with E-state index in [1.54, 1.807) is 24.3 Å². The van der Waals surface area contributed by atoms with E-state index in [1.165, 1.54) is 13.4 Å². The number of rotatable bonds is 4. The van der Waals surface area contributed by atoms with E-state index in [4.69, 9.17) is 9.15 Å². The molecule has 2 aromatic rings. The van der Waals surface area contributed by atoms with Crippen LogP contribution in [-0.4, -0.2) is 12.2 Å². The maximum absolute atomic E-state index is 13.9. The Labute approximate surface area is 105 Å². The van der Waals surface area contributed by atoms with Gasteiger partial charge in [0.05, 0.1) is 13.4 Å². The highest BCUT2D eigenvalue weighted by atomic mass is 19.1. The number of ether oxygens (including phenoxy) is 1. The summed E-state index contributed by atoms with van der Waals surface area (Å²) in [5, 5.41) is 10.0. The van der Waals surface area contributed by atoms with Crippen LogP contribution in [0.25, 0.3) is 0 Å². The van der Waals surface area contributed by atoms with E-state index in [0.29, 0.717) is 11.3 Å². The van der Waals surface area contributed by atoms with Crippen molar-refractivity contribution < 1.29 is 18.7 Å². The average Bonchev–Trinajstić information content (AvgIpc) is 2.78. The molecule has 0 radical (unpaired) electrons. The molecule has 18 heavy (non-hydrogen) atoms. The first-order valence-corrected chi connectivity index (χ1v) is 5.67. The van der Waals surface area contributed by atoms with Crippen molar-refractivity contribution >= 4 is 0 Å². The molecule has 0 amide bonds. The summed E-state index contributed by atoms with van der Waals surface area (Å²) in [4.78, 5) is 0. The van der Waals surface area contributed by atoms with Crippen LogP contribution in [0.1, 0.15) is 23.0 Å². The fourth-order valence-corrected chi connectivity index (χ4v) is 1.90. The lowest BCUT2D eigenvalue weighted by Crippen LogP contribution is -2.04. The van der Waals surface area contributed by atoms with Crippen molar-refractivity contribution in [1.29, 1.82) is 0 Å². The van der Waals surface area contributed by atoms with Gasteiger partial charge in [0.1, 0.15) is 11.9 Å². The van der Waals surface area contributed by atoms with Crippen molar-refractivity contribution in [1.82, 2.24) is 0 Å². The molecule has 96 valence electrons. The van der Waals surface area contributed by atoms with Crippen LogP contribution in [0.5, 0.6) is 5.75 Å². The topological polar surface area (TPSA) is 42.6 Å². The Morgan fingerprint density at radius 1 is 1.39 bits per heavy atom. The van der Waals surface area contributed by atoms with Crippen LogP contribution >= 0.6 is 0 Å². The molecule has 0 bridgehead atoms. The number of hydrogen-bond donors (Lipinski definition) is 1. The molecule has 1 aromatic heterocycles. The smallest absolute Gasteiger partial charge is 0.168 e. The highest BCUT2D eigenvalue weighted by molar-refractivity contribution is 5.32. The molecule has 1 N–H and O–H groups in total. The van der Waals surface area contributed by atoms with Crippen molar-refractivity contribution in [2.75, 3.05) is 7.11 Å². The second-order valence-corrected chi connectivity index (χ2v) is 4.12. The summed E-state index contributed by atoms with van der Waals surface area (Å²) in [6, 6.07) is 6.63. The van der Waals surface area contributed by atoms with Gasteiger partial charge in [-0.25, -0.2) is 4.39 Å². The number of furan rings is 1. The molecular weight excluding hydrogens is 235 g/mol. The first kappa shape index (κ1) is 12.6. The minimum atomic E-state index is -0.860. The van der Waals surface area contributed by atoms with Crippen LogP contribution in [0.2, 0.25) is 0 Å². The Balaban J connectivity index is 2.22. The van der Waals surface area contributed by atoms with E-state index in [1.807, 2.05) is 6.92 Å². The van der Waals surface area contributed by atoms with Crippen molar-refractivity contribution in [2.24, 2.45) is 0 Å². The zero-order chi connectivity index (χ0) is 13.1. The summed E-state index contributed by atoms with van der Waals surface area (Å²) in [7, 11) is 1.41. The zero-order valence-corrected chi connectivity index (χ0v) is 10.3. The van der Waals surface area contributed by atoms with Gasteiger partial charge in [0.25, 0.3) is 0 Å².